The number of nitrogens with one attached hydrogen (secondary N) is 2. The number of hydrogen-bond donors (Lipinski definition) is 2. The predicted molar refractivity (Wildman–Crippen MR) is 99.1 cm³/mol. The average Bonchev–Trinajstić information content (AvgIpc) is 3.55. The van der Waals surface area contributed by atoms with Crippen molar-refractivity contribution in [3.8, 4) is 0 Å². The van der Waals surface area contributed by atoms with Crippen LogP contribution in [0.5, 0.6) is 0 Å². The first kappa shape index (κ1) is 17.8. The lowest BCUT2D eigenvalue weighted by Crippen LogP contribution is -2.47. The molecule has 1 heterocycles. The zero-order valence-electron chi connectivity index (χ0n) is 15.2. The third-order valence-electron chi connectivity index (χ3n) is 5.37. The second kappa shape index (κ2) is 7.58. The lowest BCUT2D eigenvalue weighted by molar-refractivity contribution is -0.119. The van der Waals surface area contributed by atoms with Crippen molar-refractivity contribution in [3.05, 3.63) is 5.82 Å². The van der Waals surface area contributed by atoms with Crippen LogP contribution in [0.4, 0.5) is 4.79 Å². The Morgan fingerprint density at radius 3 is 2.46 bits per heavy atom. The number of amides is 3. The van der Waals surface area contributed by atoms with E-state index in [9.17, 15) is 9.59 Å². The van der Waals surface area contributed by atoms with Crippen LogP contribution >= 0.6 is 11.8 Å². The number of aromatic nitrogens is 3. The third kappa shape index (κ3) is 4.22. The van der Waals surface area contributed by atoms with Gasteiger partial charge in [-0.05, 0) is 45.4 Å². The molecule has 3 amide bonds. The van der Waals surface area contributed by atoms with E-state index in [4.69, 9.17) is 0 Å². The maximum absolute atomic E-state index is 12.4. The summed E-state index contributed by atoms with van der Waals surface area (Å²) in [5, 5.41) is 14.5. The number of carbonyl (C=O) groups is 2. The normalized spacial score (nSPS) is 22.0. The van der Waals surface area contributed by atoms with E-state index in [0.29, 0.717) is 12.0 Å². The van der Waals surface area contributed by atoms with Crippen molar-refractivity contribution in [3.63, 3.8) is 0 Å². The Morgan fingerprint density at radius 2 is 1.81 bits per heavy atom. The summed E-state index contributed by atoms with van der Waals surface area (Å²) in [6.07, 6.45) is 10.2. The fraction of sp³-hybridized carbons (Fsp3) is 0.778. The number of nitrogens with zero attached hydrogens (tertiary/aromatic N) is 3. The molecule has 0 bridgehead atoms. The summed E-state index contributed by atoms with van der Waals surface area (Å²) in [5.41, 5.74) is 0. The summed E-state index contributed by atoms with van der Waals surface area (Å²) in [5.74, 6) is 1.35. The van der Waals surface area contributed by atoms with Crippen LogP contribution in [0.2, 0.25) is 0 Å². The highest BCUT2D eigenvalue weighted by Crippen LogP contribution is 2.46. The maximum atomic E-state index is 12.4. The van der Waals surface area contributed by atoms with Gasteiger partial charge in [-0.2, -0.15) is 0 Å². The molecule has 7 nitrogen and oxygen atoms in total. The average molecular weight is 378 g/mol. The summed E-state index contributed by atoms with van der Waals surface area (Å²) in [7, 11) is 0. The van der Waals surface area contributed by atoms with Crippen molar-refractivity contribution in [2.45, 2.75) is 93.1 Å². The van der Waals surface area contributed by atoms with Gasteiger partial charge >= 0.3 is 6.03 Å². The molecule has 8 heteroatoms. The molecule has 1 aromatic heterocycles. The Balaban J connectivity index is 1.32. The van der Waals surface area contributed by atoms with Gasteiger partial charge in [-0.3, -0.25) is 10.1 Å². The van der Waals surface area contributed by atoms with Gasteiger partial charge in [0.1, 0.15) is 5.82 Å². The van der Waals surface area contributed by atoms with E-state index < -0.39 is 0 Å². The van der Waals surface area contributed by atoms with E-state index in [1.54, 1.807) is 0 Å². The second-order valence-electron chi connectivity index (χ2n) is 7.77. The van der Waals surface area contributed by atoms with E-state index >= 15 is 0 Å². The van der Waals surface area contributed by atoms with Crippen molar-refractivity contribution >= 4 is 23.7 Å². The van der Waals surface area contributed by atoms with Gasteiger partial charge in [0.2, 0.25) is 5.91 Å². The molecule has 26 heavy (non-hydrogen) atoms. The van der Waals surface area contributed by atoms with Crippen LogP contribution in [-0.4, -0.2) is 38.0 Å². The lowest BCUT2D eigenvalue weighted by atomic mass is 9.96. The summed E-state index contributed by atoms with van der Waals surface area (Å²) in [6.45, 7) is 1.82. The summed E-state index contributed by atoms with van der Waals surface area (Å²) in [6, 6.07) is 0.309. The summed E-state index contributed by atoms with van der Waals surface area (Å²) in [4.78, 5) is 24.5. The topological polar surface area (TPSA) is 88.9 Å². The van der Waals surface area contributed by atoms with Gasteiger partial charge in [0.25, 0.3) is 0 Å². The molecule has 3 fully saturated rings. The Morgan fingerprint density at radius 1 is 1.08 bits per heavy atom. The Hall–Kier alpha value is -1.57. The van der Waals surface area contributed by atoms with Crippen LogP contribution in [-0.2, 0) is 4.79 Å². The number of imide groups is 1. The van der Waals surface area contributed by atoms with E-state index in [2.05, 4.69) is 25.4 Å². The lowest BCUT2D eigenvalue weighted by Gasteiger charge is -2.23. The zero-order chi connectivity index (χ0) is 18.1. The van der Waals surface area contributed by atoms with E-state index in [1.165, 1.54) is 31.0 Å². The Labute approximate surface area is 158 Å². The second-order valence-corrected chi connectivity index (χ2v) is 9.08. The molecular weight excluding hydrogens is 350 g/mol. The summed E-state index contributed by atoms with van der Waals surface area (Å²) < 4.78 is 2.23. The van der Waals surface area contributed by atoms with Gasteiger partial charge in [-0.15, -0.1) is 10.2 Å². The molecule has 1 atom stereocenters. The summed E-state index contributed by atoms with van der Waals surface area (Å²) >= 11 is 1.40. The first-order valence-corrected chi connectivity index (χ1v) is 10.7. The predicted octanol–water partition coefficient (Wildman–Crippen LogP) is 3.13. The fourth-order valence-corrected chi connectivity index (χ4v) is 4.48. The van der Waals surface area contributed by atoms with Crippen molar-refractivity contribution in [2.75, 3.05) is 0 Å². The quantitative estimate of drug-likeness (QED) is 0.744. The van der Waals surface area contributed by atoms with Crippen LogP contribution in [0.3, 0.4) is 0 Å². The number of rotatable bonds is 6. The molecule has 1 aromatic rings. The monoisotopic (exact) mass is 377 g/mol. The van der Waals surface area contributed by atoms with Crippen LogP contribution in [0.15, 0.2) is 5.16 Å². The molecule has 0 aromatic carbocycles. The van der Waals surface area contributed by atoms with Crippen LogP contribution in [0.1, 0.15) is 82.5 Å². The van der Waals surface area contributed by atoms with Gasteiger partial charge in [0.15, 0.2) is 5.16 Å². The molecule has 2 N–H and O–H groups in total. The highest BCUT2D eigenvalue weighted by molar-refractivity contribution is 8.00. The number of hydrogen-bond acceptors (Lipinski definition) is 5. The molecule has 0 aliphatic heterocycles. The van der Waals surface area contributed by atoms with Gasteiger partial charge in [0.05, 0.1) is 5.25 Å². The molecule has 0 unspecified atom stereocenters. The highest BCUT2D eigenvalue weighted by Gasteiger charge is 2.37. The van der Waals surface area contributed by atoms with E-state index in [0.717, 1.165) is 49.5 Å². The minimum absolute atomic E-state index is 0.193. The largest absolute Gasteiger partial charge is 0.335 e. The molecule has 3 aliphatic rings. The van der Waals surface area contributed by atoms with Gasteiger partial charge in [0, 0.05) is 18.0 Å². The van der Waals surface area contributed by atoms with Gasteiger partial charge in [-0.1, -0.05) is 31.0 Å². The Bertz CT molecular complexity index is 677. The molecule has 4 rings (SSSR count). The Kier molecular flexibility index (Phi) is 5.20. The van der Waals surface area contributed by atoms with Crippen molar-refractivity contribution in [2.24, 2.45) is 0 Å². The zero-order valence-corrected chi connectivity index (χ0v) is 16.1. The SMILES string of the molecule is C[C@@H](Sc1nnc(C2CC2)n1C1CC1)C(=O)NC(=O)NC1CCCCC1. The molecule has 142 valence electrons. The molecular formula is C18H27N5O2S. The third-order valence-corrected chi connectivity index (χ3v) is 6.43. The van der Waals surface area contributed by atoms with Crippen LogP contribution in [0, 0.1) is 0 Å². The minimum atomic E-state index is -0.388. The molecule has 0 radical (unpaired) electrons. The van der Waals surface area contributed by atoms with Gasteiger partial charge < -0.3 is 9.88 Å². The standard InChI is InChI=1S/C18H27N5O2S/c1-11(16(24)20-17(25)19-13-5-3-2-4-6-13)26-18-22-21-15(12-7-8-12)23(18)14-9-10-14/h11-14H,2-10H2,1H3,(H2,19,20,24,25)/t11-/m1/s1. The number of urea groups is 1. The highest BCUT2D eigenvalue weighted by atomic mass is 32.2. The van der Waals surface area contributed by atoms with Crippen molar-refractivity contribution in [1.82, 2.24) is 25.4 Å². The van der Waals surface area contributed by atoms with Crippen LogP contribution < -0.4 is 10.6 Å². The first-order chi connectivity index (χ1) is 12.6. The fourth-order valence-electron chi connectivity index (χ4n) is 3.56. The molecule has 3 saturated carbocycles. The minimum Gasteiger partial charge on any atom is -0.335 e. The first-order valence-electron chi connectivity index (χ1n) is 9.84. The smallest absolute Gasteiger partial charge is 0.321 e. The molecule has 3 aliphatic carbocycles. The van der Waals surface area contributed by atoms with E-state index in [-0.39, 0.29) is 23.2 Å². The van der Waals surface area contributed by atoms with Crippen molar-refractivity contribution in [1.29, 1.82) is 0 Å². The van der Waals surface area contributed by atoms with Crippen LogP contribution in [0.25, 0.3) is 0 Å². The number of carbonyl (C=O) groups excluding carboxylic acids is 2. The molecule has 0 saturated heterocycles. The van der Waals surface area contributed by atoms with E-state index in [1.807, 2.05) is 6.92 Å². The van der Waals surface area contributed by atoms with Gasteiger partial charge in [-0.25, -0.2) is 4.79 Å². The number of thioether (sulfide) groups is 1. The maximum Gasteiger partial charge on any atom is 0.321 e. The molecule has 0 spiro atoms. The van der Waals surface area contributed by atoms with Crippen molar-refractivity contribution < 1.29 is 9.59 Å².